The number of aromatic nitrogens is 4. The van der Waals surface area contributed by atoms with Crippen LogP contribution in [-0.2, 0) is 12.8 Å². The van der Waals surface area contributed by atoms with E-state index in [-0.39, 0.29) is 0 Å². The predicted octanol–water partition coefficient (Wildman–Crippen LogP) is 6.73. The maximum absolute atomic E-state index is 5.15. The first-order valence-electron chi connectivity index (χ1n) is 12.0. The van der Waals surface area contributed by atoms with E-state index in [1.807, 2.05) is 30.7 Å². The summed E-state index contributed by atoms with van der Waals surface area (Å²) in [6, 6.07) is 24.2. The maximum Gasteiger partial charge on any atom is 0.147 e. The van der Waals surface area contributed by atoms with Gasteiger partial charge >= 0.3 is 0 Å². The molecule has 0 aliphatic heterocycles. The van der Waals surface area contributed by atoms with Gasteiger partial charge in [0.2, 0.25) is 0 Å². The summed E-state index contributed by atoms with van der Waals surface area (Å²) in [5.41, 5.74) is 16.2. The Labute approximate surface area is 200 Å². The van der Waals surface area contributed by atoms with E-state index < -0.39 is 0 Å². The van der Waals surface area contributed by atoms with Crippen LogP contribution < -0.4 is 0 Å². The third-order valence-corrected chi connectivity index (χ3v) is 7.96. The number of nitrogens with zero attached hydrogens (tertiary/aromatic N) is 4. The second-order valence-electron chi connectivity index (χ2n) is 9.67. The van der Waals surface area contributed by atoms with E-state index in [1.165, 1.54) is 49.9 Å². The highest BCUT2D eigenvalue weighted by Gasteiger charge is 2.30. The first-order valence-corrected chi connectivity index (χ1v) is 12.0. The van der Waals surface area contributed by atoms with Crippen molar-refractivity contribution in [2.24, 2.45) is 0 Å². The molecule has 0 saturated carbocycles. The van der Waals surface area contributed by atoms with Gasteiger partial charge in [-0.25, -0.2) is 4.98 Å². The topological polar surface area (TPSA) is 43.1 Å². The Morgan fingerprint density at radius 3 is 2.60 bits per heavy atom. The van der Waals surface area contributed by atoms with Gasteiger partial charge in [0.05, 0.1) is 28.3 Å². The van der Waals surface area contributed by atoms with E-state index in [9.17, 15) is 0 Å². The van der Waals surface area contributed by atoms with Gasteiger partial charge in [0, 0.05) is 23.2 Å². The van der Waals surface area contributed by atoms with Crippen molar-refractivity contribution in [1.29, 1.82) is 0 Å². The second kappa shape index (κ2) is 6.10. The normalized spacial score (nSPS) is 13.5. The minimum atomic E-state index is 0.951. The summed E-state index contributed by atoms with van der Waals surface area (Å²) in [5.74, 6) is 0. The van der Waals surface area contributed by atoms with Gasteiger partial charge in [0.25, 0.3) is 0 Å². The van der Waals surface area contributed by atoms with Gasteiger partial charge in [0.1, 0.15) is 5.65 Å². The largest absolute Gasteiger partial charge is 0.289 e. The lowest BCUT2D eigenvalue weighted by atomic mass is 9.94. The smallest absolute Gasteiger partial charge is 0.147 e. The van der Waals surface area contributed by atoms with Gasteiger partial charge in [-0.1, -0.05) is 48.5 Å². The van der Waals surface area contributed by atoms with E-state index in [2.05, 4.69) is 64.0 Å². The third-order valence-electron chi connectivity index (χ3n) is 7.96. The molecule has 4 heteroatoms. The van der Waals surface area contributed by atoms with Crippen molar-refractivity contribution >= 4 is 38.5 Å². The first-order chi connectivity index (χ1) is 17.4. The Hall–Kier alpha value is -4.57. The molecule has 0 saturated heterocycles. The van der Waals surface area contributed by atoms with Gasteiger partial charge in [-0.15, -0.1) is 0 Å². The summed E-state index contributed by atoms with van der Waals surface area (Å²) in [7, 11) is 0. The SMILES string of the molecule is c1ccc2c(c1)Cc1ccc3c(c1-2)Cc1ccc2c4ncccc4n4c5cnccc5nc4c2c1-3. The van der Waals surface area contributed by atoms with E-state index in [4.69, 9.17) is 9.97 Å². The van der Waals surface area contributed by atoms with Crippen molar-refractivity contribution in [1.82, 2.24) is 19.4 Å². The average molecular weight is 447 g/mol. The van der Waals surface area contributed by atoms with Crippen LogP contribution in [0.15, 0.2) is 85.3 Å². The van der Waals surface area contributed by atoms with Crippen LogP contribution in [0.5, 0.6) is 0 Å². The predicted molar refractivity (Wildman–Crippen MR) is 140 cm³/mol. The fourth-order valence-electron chi connectivity index (χ4n) is 6.56. The molecule has 2 aliphatic carbocycles. The molecule has 0 spiro atoms. The van der Waals surface area contributed by atoms with Gasteiger partial charge in [-0.2, -0.15) is 0 Å². The zero-order valence-corrected chi connectivity index (χ0v) is 18.8. The molecule has 0 unspecified atom stereocenters. The number of hydrogen-bond donors (Lipinski definition) is 0. The van der Waals surface area contributed by atoms with Crippen LogP contribution in [0.4, 0.5) is 0 Å². The molecule has 35 heavy (non-hydrogen) atoms. The molecule has 4 aromatic heterocycles. The second-order valence-corrected chi connectivity index (χ2v) is 9.67. The van der Waals surface area contributed by atoms with E-state index >= 15 is 0 Å². The van der Waals surface area contributed by atoms with Crippen LogP contribution in [0.2, 0.25) is 0 Å². The number of fused-ring (bicyclic) bond motifs is 16. The molecule has 7 aromatic rings. The zero-order chi connectivity index (χ0) is 22.7. The van der Waals surface area contributed by atoms with Crippen LogP contribution >= 0.6 is 0 Å². The zero-order valence-electron chi connectivity index (χ0n) is 18.8. The lowest BCUT2D eigenvalue weighted by Crippen LogP contribution is -1.95. The van der Waals surface area contributed by atoms with E-state index in [0.717, 1.165) is 45.9 Å². The molecule has 0 amide bonds. The summed E-state index contributed by atoms with van der Waals surface area (Å²) in [6.07, 6.45) is 7.59. The molecular formula is C31H18N4. The lowest BCUT2D eigenvalue weighted by Gasteiger charge is -2.13. The average Bonchev–Trinajstić information content (AvgIpc) is 3.59. The number of pyridine rings is 3. The van der Waals surface area contributed by atoms with Crippen molar-refractivity contribution in [3.63, 3.8) is 0 Å². The van der Waals surface area contributed by atoms with Crippen molar-refractivity contribution < 1.29 is 0 Å². The number of imidazole rings is 1. The van der Waals surface area contributed by atoms with Crippen LogP contribution in [0.25, 0.3) is 60.7 Å². The molecule has 0 fully saturated rings. The van der Waals surface area contributed by atoms with E-state index in [1.54, 1.807) is 0 Å². The van der Waals surface area contributed by atoms with Crippen LogP contribution in [0.1, 0.15) is 22.3 Å². The Morgan fingerprint density at radius 1 is 0.686 bits per heavy atom. The maximum atomic E-state index is 5.15. The van der Waals surface area contributed by atoms with Crippen LogP contribution in [0.3, 0.4) is 0 Å². The molecule has 0 N–H and O–H groups in total. The molecular weight excluding hydrogens is 428 g/mol. The fraction of sp³-hybridized carbons (Fsp3) is 0.0645. The standard InChI is InChI=1S/C31H18N4/c1-2-5-20-17(4-1)14-18-7-9-21-23(27(18)20)15-19-8-10-22-29(28(19)21)31-34-24-11-13-32-16-26(24)35(31)25-6-3-12-33-30(22)25/h1-13,16H,14-15H2. The summed E-state index contributed by atoms with van der Waals surface area (Å²) in [6.45, 7) is 0. The summed E-state index contributed by atoms with van der Waals surface area (Å²) < 4.78 is 2.24. The molecule has 9 rings (SSSR count). The molecule has 0 radical (unpaired) electrons. The Kier molecular flexibility index (Phi) is 3.11. The lowest BCUT2D eigenvalue weighted by molar-refractivity contribution is 1.23. The molecule has 3 aromatic carbocycles. The Bertz CT molecular complexity index is 2070. The Balaban J connectivity index is 1.48. The number of hydrogen-bond acceptors (Lipinski definition) is 3. The monoisotopic (exact) mass is 446 g/mol. The molecule has 0 atom stereocenters. The molecule has 0 bridgehead atoms. The summed E-state index contributed by atoms with van der Waals surface area (Å²) >= 11 is 0. The number of benzene rings is 3. The van der Waals surface area contributed by atoms with Gasteiger partial charge in [-0.3, -0.25) is 14.4 Å². The van der Waals surface area contributed by atoms with Gasteiger partial charge in [0.15, 0.2) is 0 Å². The molecule has 2 aliphatic rings. The van der Waals surface area contributed by atoms with Crippen molar-refractivity contribution in [3.8, 4) is 22.3 Å². The van der Waals surface area contributed by atoms with E-state index in [0.29, 0.717) is 0 Å². The first kappa shape index (κ1) is 17.8. The minimum absolute atomic E-state index is 0.951. The van der Waals surface area contributed by atoms with Crippen LogP contribution in [-0.4, -0.2) is 19.4 Å². The minimum Gasteiger partial charge on any atom is -0.289 e. The van der Waals surface area contributed by atoms with Crippen molar-refractivity contribution in [3.05, 3.63) is 108 Å². The Morgan fingerprint density at radius 2 is 1.60 bits per heavy atom. The van der Waals surface area contributed by atoms with Gasteiger partial charge in [-0.05, 0) is 75.5 Å². The highest BCUT2D eigenvalue weighted by atomic mass is 15.0. The molecule has 162 valence electrons. The fourth-order valence-corrected chi connectivity index (χ4v) is 6.56. The van der Waals surface area contributed by atoms with Gasteiger partial charge < -0.3 is 0 Å². The molecule has 4 nitrogen and oxygen atoms in total. The molecule has 4 heterocycles. The van der Waals surface area contributed by atoms with Crippen molar-refractivity contribution in [2.45, 2.75) is 12.8 Å². The highest BCUT2D eigenvalue weighted by Crippen LogP contribution is 2.50. The quantitative estimate of drug-likeness (QED) is 0.243. The third kappa shape index (κ3) is 2.11. The van der Waals surface area contributed by atoms with Crippen molar-refractivity contribution in [2.75, 3.05) is 0 Å². The highest BCUT2D eigenvalue weighted by molar-refractivity contribution is 6.19. The summed E-state index contributed by atoms with van der Waals surface area (Å²) in [5, 5.41) is 2.35. The summed E-state index contributed by atoms with van der Waals surface area (Å²) in [4.78, 5) is 14.4. The van der Waals surface area contributed by atoms with Crippen LogP contribution in [0, 0.1) is 0 Å². The number of rotatable bonds is 0.